The van der Waals surface area contributed by atoms with Gasteiger partial charge < -0.3 is 0 Å². The molecule has 1 aromatic carbocycles. The van der Waals surface area contributed by atoms with E-state index in [1.165, 1.54) is 24.8 Å². The number of allylic oxidation sites excluding steroid dienone is 1. The Balaban J connectivity index is 2.65. The Kier molecular flexibility index (Phi) is 5.66. The lowest BCUT2D eigenvalue weighted by Crippen LogP contribution is -2.05. The van der Waals surface area contributed by atoms with Gasteiger partial charge in [-0.05, 0) is 36.6 Å². The van der Waals surface area contributed by atoms with E-state index in [1.54, 1.807) is 13.0 Å². The maximum atomic E-state index is 12.5. The third kappa shape index (κ3) is 5.51. The van der Waals surface area contributed by atoms with Crippen molar-refractivity contribution in [2.24, 2.45) is 0 Å². The van der Waals surface area contributed by atoms with Gasteiger partial charge in [0, 0.05) is 12.7 Å². The lowest BCUT2D eigenvalue weighted by Gasteiger charge is -2.08. The Morgan fingerprint density at radius 3 is 2.58 bits per heavy atom. The molecular formula is C14H15F3OS. The van der Waals surface area contributed by atoms with Gasteiger partial charge in [0.1, 0.15) is 0 Å². The highest BCUT2D eigenvalue weighted by Gasteiger charge is 2.30. The Hall–Kier alpha value is -1.23. The molecule has 0 heterocycles. The molecule has 0 aliphatic rings. The van der Waals surface area contributed by atoms with Crippen LogP contribution in [0.1, 0.15) is 30.0 Å². The molecule has 104 valence electrons. The molecule has 0 aliphatic heterocycles. The van der Waals surface area contributed by atoms with E-state index in [9.17, 15) is 18.0 Å². The summed E-state index contributed by atoms with van der Waals surface area (Å²) >= 11 is 1.24. The molecule has 0 atom stereocenters. The standard InChI is InChI=1S/C14H15F3OS/c1-10-9-13(14(15,16)17)7-6-12(10)5-3-4-8-19-11(2)18/h3,5-7,9H,4,8H2,1-2H3. The molecule has 19 heavy (non-hydrogen) atoms. The first kappa shape index (κ1) is 15.8. The average Bonchev–Trinajstić information content (AvgIpc) is 2.28. The largest absolute Gasteiger partial charge is 0.416 e. The molecule has 1 nitrogen and oxygen atoms in total. The first-order chi connectivity index (χ1) is 8.80. The molecule has 0 saturated heterocycles. The molecule has 0 aromatic heterocycles. The fourth-order valence-electron chi connectivity index (χ4n) is 1.52. The van der Waals surface area contributed by atoms with Gasteiger partial charge in [-0.1, -0.05) is 30.0 Å². The molecule has 0 N–H and O–H groups in total. The van der Waals surface area contributed by atoms with Gasteiger partial charge >= 0.3 is 6.18 Å². The fourth-order valence-corrected chi connectivity index (χ4v) is 2.06. The smallest absolute Gasteiger partial charge is 0.288 e. The molecule has 0 amide bonds. The lowest BCUT2D eigenvalue weighted by molar-refractivity contribution is -0.137. The summed E-state index contributed by atoms with van der Waals surface area (Å²) in [6.45, 7) is 3.16. The maximum Gasteiger partial charge on any atom is 0.416 e. The van der Waals surface area contributed by atoms with Gasteiger partial charge in [-0.3, -0.25) is 4.79 Å². The van der Waals surface area contributed by atoms with Crippen molar-refractivity contribution in [1.29, 1.82) is 0 Å². The normalized spacial score (nSPS) is 12.1. The second-order valence-corrected chi connectivity index (χ2v) is 5.37. The number of thioether (sulfide) groups is 1. The van der Waals surface area contributed by atoms with Gasteiger partial charge in [0.25, 0.3) is 0 Å². The number of rotatable bonds is 4. The Morgan fingerprint density at radius 1 is 1.37 bits per heavy atom. The third-order valence-corrected chi connectivity index (χ3v) is 3.33. The summed E-state index contributed by atoms with van der Waals surface area (Å²) < 4.78 is 37.4. The van der Waals surface area contributed by atoms with E-state index in [0.29, 0.717) is 17.7 Å². The quantitative estimate of drug-likeness (QED) is 0.747. The molecule has 0 aliphatic carbocycles. The highest BCUT2D eigenvalue weighted by molar-refractivity contribution is 8.13. The second-order valence-electron chi connectivity index (χ2n) is 4.10. The number of carbonyl (C=O) groups excluding carboxylic acids is 1. The molecule has 0 fully saturated rings. The van der Waals surface area contributed by atoms with Gasteiger partial charge in [0.05, 0.1) is 5.56 Å². The van der Waals surface area contributed by atoms with Crippen molar-refractivity contribution in [3.8, 4) is 0 Å². The lowest BCUT2D eigenvalue weighted by atomic mass is 10.0. The van der Waals surface area contributed by atoms with E-state index in [4.69, 9.17) is 0 Å². The van der Waals surface area contributed by atoms with Crippen LogP contribution in [0.4, 0.5) is 13.2 Å². The van der Waals surface area contributed by atoms with Crippen molar-refractivity contribution in [3.05, 3.63) is 41.0 Å². The van der Waals surface area contributed by atoms with Crippen molar-refractivity contribution in [2.75, 3.05) is 5.75 Å². The van der Waals surface area contributed by atoms with Crippen LogP contribution >= 0.6 is 11.8 Å². The number of benzene rings is 1. The maximum absolute atomic E-state index is 12.5. The number of halogens is 3. The molecule has 5 heteroatoms. The van der Waals surface area contributed by atoms with Crippen LogP contribution in [0.25, 0.3) is 6.08 Å². The first-order valence-electron chi connectivity index (χ1n) is 5.78. The predicted octanol–water partition coefficient (Wildman–Crippen LogP) is 4.70. The molecular weight excluding hydrogens is 273 g/mol. The second kappa shape index (κ2) is 6.80. The Bertz CT molecular complexity index is 478. The number of hydrogen-bond acceptors (Lipinski definition) is 2. The number of hydrogen-bond donors (Lipinski definition) is 0. The van der Waals surface area contributed by atoms with E-state index in [0.717, 1.165) is 17.7 Å². The van der Waals surface area contributed by atoms with Crippen LogP contribution in [0, 0.1) is 6.92 Å². The molecule has 0 radical (unpaired) electrons. The zero-order valence-electron chi connectivity index (χ0n) is 10.8. The molecule has 0 bridgehead atoms. The van der Waals surface area contributed by atoms with Gasteiger partial charge in [0.15, 0.2) is 5.12 Å². The first-order valence-corrected chi connectivity index (χ1v) is 6.77. The third-order valence-electron chi connectivity index (χ3n) is 2.48. The van der Waals surface area contributed by atoms with E-state index < -0.39 is 11.7 Å². The van der Waals surface area contributed by atoms with Crippen LogP contribution < -0.4 is 0 Å². The average molecular weight is 288 g/mol. The summed E-state index contributed by atoms with van der Waals surface area (Å²) in [6, 6.07) is 3.69. The fraction of sp³-hybridized carbons (Fsp3) is 0.357. The molecule has 1 aromatic rings. The summed E-state index contributed by atoms with van der Waals surface area (Å²) in [5.41, 5.74) is 0.723. The van der Waals surface area contributed by atoms with Gasteiger partial charge in [-0.15, -0.1) is 0 Å². The highest BCUT2D eigenvalue weighted by atomic mass is 32.2. The summed E-state index contributed by atoms with van der Waals surface area (Å²) in [6.07, 6.45) is 0.0670. The molecule has 1 rings (SSSR count). The summed E-state index contributed by atoms with van der Waals surface area (Å²) in [5.74, 6) is 0.686. The van der Waals surface area contributed by atoms with Crippen molar-refractivity contribution < 1.29 is 18.0 Å². The van der Waals surface area contributed by atoms with E-state index in [2.05, 4.69) is 0 Å². The summed E-state index contributed by atoms with van der Waals surface area (Å²) in [7, 11) is 0. The van der Waals surface area contributed by atoms with Crippen molar-refractivity contribution >= 4 is 23.0 Å². The van der Waals surface area contributed by atoms with E-state index >= 15 is 0 Å². The SMILES string of the molecule is CC(=O)SCCC=Cc1ccc(C(F)(F)F)cc1C. The predicted molar refractivity (Wildman–Crippen MR) is 73.0 cm³/mol. The van der Waals surface area contributed by atoms with Crippen LogP contribution in [-0.4, -0.2) is 10.9 Å². The highest BCUT2D eigenvalue weighted by Crippen LogP contribution is 2.30. The van der Waals surface area contributed by atoms with Crippen molar-refractivity contribution in [3.63, 3.8) is 0 Å². The van der Waals surface area contributed by atoms with Crippen LogP contribution in [0.2, 0.25) is 0 Å². The minimum absolute atomic E-state index is 0.0686. The van der Waals surface area contributed by atoms with E-state index in [1.807, 2.05) is 6.08 Å². The number of alkyl halides is 3. The van der Waals surface area contributed by atoms with Crippen LogP contribution in [0.15, 0.2) is 24.3 Å². The number of carbonyl (C=O) groups is 1. The Labute approximate surface area is 114 Å². The van der Waals surface area contributed by atoms with Gasteiger partial charge in [0.2, 0.25) is 0 Å². The van der Waals surface area contributed by atoms with E-state index in [-0.39, 0.29) is 5.12 Å². The Morgan fingerprint density at radius 2 is 2.05 bits per heavy atom. The summed E-state index contributed by atoms with van der Waals surface area (Å²) in [5, 5.41) is 0.0686. The zero-order chi connectivity index (χ0) is 14.5. The summed E-state index contributed by atoms with van der Waals surface area (Å²) in [4.78, 5) is 10.7. The van der Waals surface area contributed by atoms with Crippen LogP contribution in [0.5, 0.6) is 0 Å². The monoisotopic (exact) mass is 288 g/mol. The van der Waals surface area contributed by atoms with Crippen molar-refractivity contribution in [1.82, 2.24) is 0 Å². The van der Waals surface area contributed by atoms with Crippen LogP contribution in [-0.2, 0) is 11.0 Å². The number of aryl methyl sites for hydroxylation is 1. The van der Waals surface area contributed by atoms with Gasteiger partial charge in [-0.2, -0.15) is 13.2 Å². The minimum atomic E-state index is -4.30. The van der Waals surface area contributed by atoms with Crippen molar-refractivity contribution in [2.45, 2.75) is 26.4 Å². The topological polar surface area (TPSA) is 17.1 Å². The molecule has 0 spiro atoms. The minimum Gasteiger partial charge on any atom is -0.288 e. The van der Waals surface area contributed by atoms with Gasteiger partial charge in [-0.25, -0.2) is 0 Å². The molecule has 0 saturated carbocycles. The molecule has 0 unspecified atom stereocenters. The van der Waals surface area contributed by atoms with Crippen LogP contribution in [0.3, 0.4) is 0 Å². The zero-order valence-corrected chi connectivity index (χ0v) is 11.6.